The molecule has 1 fully saturated rings. The summed E-state index contributed by atoms with van der Waals surface area (Å²) in [5, 5.41) is 0. The van der Waals surface area contributed by atoms with Crippen molar-refractivity contribution in [1.82, 2.24) is 4.31 Å². The lowest BCUT2D eigenvalue weighted by atomic mass is 10.0. The summed E-state index contributed by atoms with van der Waals surface area (Å²) in [4.78, 5) is 11.1. The van der Waals surface area contributed by atoms with E-state index in [9.17, 15) is 13.2 Å². The van der Waals surface area contributed by atoms with Crippen molar-refractivity contribution in [3.63, 3.8) is 0 Å². The highest BCUT2D eigenvalue weighted by Gasteiger charge is 2.46. The van der Waals surface area contributed by atoms with Crippen LogP contribution in [0.2, 0.25) is 0 Å². The topological polar surface area (TPSA) is 67.6 Å². The van der Waals surface area contributed by atoms with E-state index in [1.807, 2.05) is 0 Å². The fraction of sp³-hybridized carbons (Fsp3) is 0.286. The molecule has 1 unspecified atom stereocenters. The predicted molar refractivity (Wildman–Crippen MR) is 55.4 cm³/mol. The second-order valence-corrected chi connectivity index (χ2v) is 6.23. The average Bonchev–Trinajstić information content (AvgIpc) is 2.43. The Morgan fingerprint density at radius 3 is 2.67 bits per heavy atom. The average molecular weight is 315 g/mol. The van der Waals surface area contributed by atoms with E-state index in [0.29, 0.717) is 14.5 Å². The molecule has 1 saturated heterocycles. The van der Waals surface area contributed by atoms with Gasteiger partial charge < -0.3 is 4.42 Å². The maximum absolute atomic E-state index is 11.1. The molecule has 2 rings (SSSR count). The highest BCUT2D eigenvalue weighted by atomic mass is 79.9. The van der Waals surface area contributed by atoms with Crippen molar-refractivity contribution in [3.05, 3.63) is 22.6 Å². The van der Waals surface area contributed by atoms with Gasteiger partial charge in [-0.15, -0.1) is 0 Å². The van der Waals surface area contributed by atoms with Gasteiger partial charge in [-0.25, -0.2) is 4.31 Å². The third kappa shape index (κ3) is 1.79. The second kappa shape index (κ2) is 3.50. The Labute approximate surface area is 98.7 Å². The van der Waals surface area contributed by atoms with Crippen LogP contribution in [0.15, 0.2) is 21.2 Å². The first kappa shape index (κ1) is 11.0. The van der Waals surface area contributed by atoms with Crippen LogP contribution >= 0.6 is 26.6 Å². The Morgan fingerprint density at radius 1 is 1.60 bits per heavy atom. The van der Waals surface area contributed by atoms with E-state index in [1.54, 1.807) is 6.07 Å². The summed E-state index contributed by atoms with van der Waals surface area (Å²) in [5.74, 6) is -0.142. The fourth-order valence-electron chi connectivity index (χ4n) is 1.42. The molecule has 8 heteroatoms. The number of carbonyl (C=O) groups excluding carboxylic acids is 1. The number of rotatable bonds is 2. The highest BCUT2D eigenvalue weighted by molar-refractivity contribution is 9.10. The van der Waals surface area contributed by atoms with Crippen molar-refractivity contribution < 1.29 is 17.6 Å². The number of furan rings is 1. The van der Waals surface area contributed by atoms with Gasteiger partial charge in [0.05, 0.1) is 17.2 Å². The summed E-state index contributed by atoms with van der Waals surface area (Å²) >= 11 is 3.19. The minimum atomic E-state index is -4.03. The van der Waals surface area contributed by atoms with Crippen LogP contribution in [0.3, 0.4) is 0 Å². The number of β-lactam (4-membered cyclic amide) rings is 1. The molecule has 1 aromatic heterocycles. The van der Waals surface area contributed by atoms with E-state index in [4.69, 9.17) is 15.1 Å². The van der Waals surface area contributed by atoms with Crippen molar-refractivity contribution in [2.45, 2.75) is 12.5 Å². The lowest BCUT2D eigenvalue weighted by Gasteiger charge is -2.35. The molecular weight excluding hydrogens is 310 g/mol. The maximum atomic E-state index is 11.1. The van der Waals surface area contributed by atoms with Gasteiger partial charge in [0, 0.05) is 10.7 Å². The molecule has 0 saturated carbocycles. The monoisotopic (exact) mass is 313 g/mol. The van der Waals surface area contributed by atoms with Gasteiger partial charge in [0.1, 0.15) is 11.8 Å². The van der Waals surface area contributed by atoms with E-state index >= 15 is 0 Å². The van der Waals surface area contributed by atoms with Crippen LogP contribution in [0.4, 0.5) is 0 Å². The van der Waals surface area contributed by atoms with Gasteiger partial charge in [-0.05, 0) is 22.0 Å². The van der Waals surface area contributed by atoms with Crippen molar-refractivity contribution in [1.29, 1.82) is 0 Å². The molecule has 0 aromatic carbocycles. The van der Waals surface area contributed by atoms with Crippen LogP contribution < -0.4 is 0 Å². The number of hydrogen-bond donors (Lipinski definition) is 0. The Kier molecular flexibility index (Phi) is 2.56. The smallest absolute Gasteiger partial charge is 0.324 e. The SMILES string of the molecule is O=C1CC(c2occc2Br)N1S(=O)(=O)Cl. The molecule has 2 heterocycles. The first-order valence-electron chi connectivity index (χ1n) is 3.91. The molecule has 1 aromatic rings. The summed E-state index contributed by atoms with van der Waals surface area (Å²) in [6.45, 7) is 0. The molecule has 5 nitrogen and oxygen atoms in total. The molecule has 1 aliphatic heterocycles. The van der Waals surface area contributed by atoms with Gasteiger partial charge in [0.15, 0.2) is 0 Å². The molecule has 0 bridgehead atoms. The lowest BCUT2D eigenvalue weighted by Crippen LogP contribution is -2.47. The molecule has 1 atom stereocenters. The Balaban J connectivity index is 2.35. The van der Waals surface area contributed by atoms with Crippen LogP contribution in [0, 0.1) is 0 Å². The van der Waals surface area contributed by atoms with E-state index < -0.39 is 21.2 Å². The van der Waals surface area contributed by atoms with Crippen molar-refractivity contribution >= 4 is 41.8 Å². The summed E-state index contributed by atoms with van der Waals surface area (Å²) in [5.41, 5.74) is 0. The van der Waals surface area contributed by atoms with E-state index in [0.717, 1.165) is 0 Å². The molecule has 0 spiro atoms. The van der Waals surface area contributed by atoms with Gasteiger partial charge in [-0.1, -0.05) is 0 Å². The third-order valence-electron chi connectivity index (χ3n) is 2.08. The van der Waals surface area contributed by atoms with Crippen LogP contribution in [0.25, 0.3) is 0 Å². The van der Waals surface area contributed by atoms with Crippen molar-refractivity contribution in [3.8, 4) is 0 Å². The Bertz CT molecular complexity index is 511. The summed E-state index contributed by atoms with van der Waals surface area (Å²) in [7, 11) is 1.08. The van der Waals surface area contributed by atoms with Crippen LogP contribution in [-0.4, -0.2) is 18.6 Å². The normalized spacial score (nSPS) is 21.6. The standard InChI is InChI=1S/C7H5BrClNO4S/c8-4-1-2-14-7(4)5-3-6(11)10(5)15(9,12)13/h1-2,5H,3H2. The van der Waals surface area contributed by atoms with E-state index in [1.165, 1.54) is 6.26 Å². The molecule has 15 heavy (non-hydrogen) atoms. The molecule has 82 valence electrons. The van der Waals surface area contributed by atoms with Crippen LogP contribution in [0.5, 0.6) is 0 Å². The first-order valence-corrected chi connectivity index (χ1v) is 6.97. The molecule has 1 aliphatic rings. The second-order valence-electron chi connectivity index (χ2n) is 2.98. The van der Waals surface area contributed by atoms with Gasteiger partial charge in [-0.2, -0.15) is 8.42 Å². The molecule has 1 amide bonds. The molecule has 0 radical (unpaired) electrons. The summed E-state index contributed by atoms with van der Waals surface area (Å²) in [6.07, 6.45) is 1.49. The predicted octanol–water partition coefficient (Wildman–Crippen LogP) is 1.80. The minimum Gasteiger partial charge on any atom is -0.466 e. The molecule has 0 N–H and O–H groups in total. The Hall–Kier alpha value is -0.530. The van der Waals surface area contributed by atoms with Gasteiger partial charge in [0.2, 0.25) is 5.91 Å². The molecular formula is C7H5BrClNO4S. The third-order valence-corrected chi connectivity index (χ3v) is 4.11. The fourth-order valence-corrected chi connectivity index (χ4v) is 3.19. The highest BCUT2D eigenvalue weighted by Crippen LogP contribution is 2.41. The lowest BCUT2D eigenvalue weighted by molar-refractivity contribution is -0.138. The van der Waals surface area contributed by atoms with Crippen molar-refractivity contribution in [2.75, 3.05) is 0 Å². The van der Waals surface area contributed by atoms with E-state index in [2.05, 4.69) is 15.9 Å². The largest absolute Gasteiger partial charge is 0.466 e. The van der Waals surface area contributed by atoms with Gasteiger partial charge in [0.25, 0.3) is 0 Å². The maximum Gasteiger partial charge on any atom is 0.324 e. The number of halogens is 2. The Morgan fingerprint density at radius 2 is 2.27 bits per heavy atom. The summed E-state index contributed by atoms with van der Waals surface area (Å²) in [6, 6.07) is 0.987. The number of hydrogen-bond acceptors (Lipinski definition) is 4. The number of amides is 1. The van der Waals surface area contributed by atoms with E-state index in [-0.39, 0.29) is 6.42 Å². The quantitative estimate of drug-likeness (QED) is 0.616. The zero-order valence-electron chi connectivity index (χ0n) is 7.18. The van der Waals surface area contributed by atoms with Crippen LogP contribution in [0.1, 0.15) is 18.2 Å². The van der Waals surface area contributed by atoms with Crippen LogP contribution in [-0.2, 0) is 14.0 Å². The van der Waals surface area contributed by atoms with Gasteiger partial charge in [-0.3, -0.25) is 4.79 Å². The zero-order valence-corrected chi connectivity index (χ0v) is 10.3. The minimum absolute atomic E-state index is 0.0814. The first-order chi connectivity index (χ1) is 6.91. The molecule has 0 aliphatic carbocycles. The zero-order chi connectivity index (χ0) is 11.2. The number of nitrogens with zero attached hydrogens (tertiary/aromatic N) is 1. The van der Waals surface area contributed by atoms with Crippen molar-refractivity contribution in [2.24, 2.45) is 0 Å². The number of carbonyl (C=O) groups is 1. The summed E-state index contributed by atoms with van der Waals surface area (Å²) < 4.78 is 28.4. The van der Waals surface area contributed by atoms with Gasteiger partial charge >= 0.3 is 9.24 Å².